The summed E-state index contributed by atoms with van der Waals surface area (Å²) in [6, 6.07) is 16.5. The van der Waals surface area contributed by atoms with Crippen LogP contribution in [-0.4, -0.2) is 20.9 Å². The Balaban J connectivity index is 1.80. The Labute approximate surface area is 157 Å². The number of sulfone groups is 1. The van der Waals surface area contributed by atoms with E-state index in [1.165, 1.54) is 53.4 Å². The molecule has 0 aliphatic carbocycles. The van der Waals surface area contributed by atoms with Crippen molar-refractivity contribution in [2.24, 2.45) is 0 Å². The van der Waals surface area contributed by atoms with Crippen LogP contribution >= 0.6 is 0 Å². The van der Waals surface area contributed by atoms with E-state index in [0.29, 0.717) is 12.2 Å². The lowest BCUT2D eigenvalue weighted by molar-refractivity contribution is 0.0960. The van der Waals surface area contributed by atoms with Crippen LogP contribution in [0.25, 0.3) is 0 Å². The molecule has 0 aliphatic rings. The van der Waals surface area contributed by atoms with E-state index in [0.717, 1.165) is 0 Å². The molecular formula is C20H18FNO4S. The maximum Gasteiger partial charge on any atom is 0.293 e. The normalized spacial score (nSPS) is 11.3. The van der Waals surface area contributed by atoms with Crippen molar-refractivity contribution in [2.75, 3.05) is 11.4 Å². The average molecular weight is 387 g/mol. The largest absolute Gasteiger partial charge is 0.455 e. The summed E-state index contributed by atoms with van der Waals surface area (Å²) in [7, 11) is -3.57. The van der Waals surface area contributed by atoms with Gasteiger partial charge in [0.05, 0.1) is 4.90 Å². The minimum absolute atomic E-state index is 0.0273. The van der Waals surface area contributed by atoms with Crippen molar-refractivity contribution in [3.8, 4) is 0 Å². The van der Waals surface area contributed by atoms with Crippen molar-refractivity contribution in [3.05, 3.63) is 84.1 Å². The molecule has 3 rings (SSSR count). The Kier molecular flexibility index (Phi) is 5.41. The second kappa shape index (κ2) is 7.75. The first-order valence-electron chi connectivity index (χ1n) is 8.34. The molecule has 0 saturated carbocycles. The van der Waals surface area contributed by atoms with Gasteiger partial charge in [-0.3, -0.25) is 4.79 Å². The molecule has 5 nitrogen and oxygen atoms in total. The molecule has 140 valence electrons. The second-order valence-electron chi connectivity index (χ2n) is 5.86. The molecule has 0 radical (unpaired) electrons. The standard InChI is InChI=1S/C20H18FNO4S/c1-2-22(16-10-8-15(21)9-11-16)20(23)19-13-12-17(26-19)14-27(24,25)18-6-4-3-5-7-18/h3-13H,2,14H2,1H3. The summed E-state index contributed by atoms with van der Waals surface area (Å²) in [5.74, 6) is -0.953. The number of halogens is 1. The first-order valence-corrected chi connectivity index (χ1v) is 10.00. The van der Waals surface area contributed by atoms with E-state index in [2.05, 4.69) is 0 Å². The summed E-state index contributed by atoms with van der Waals surface area (Å²) in [5, 5.41) is 0. The van der Waals surface area contributed by atoms with Crippen LogP contribution in [0.15, 0.2) is 76.0 Å². The van der Waals surface area contributed by atoms with Gasteiger partial charge in [-0.05, 0) is 55.5 Å². The Bertz CT molecular complexity index is 1030. The van der Waals surface area contributed by atoms with Crippen LogP contribution in [0.1, 0.15) is 23.2 Å². The van der Waals surface area contributed by atoms with Gasteiger partial charge in [-0.25, -0.2) is 12.8 Å². The number of carbonyl (C=O) groups excluding carboxylic acids is 1. The molecule has 2 aromatic carbocycles. The van der Waals surface area contributed by atoms with Crippen molar-refractivity contribution in [1.29, 1.82) is 0 Å². The summed E-state index contributed by atoms with van der Waals surface area (Å²) in [5.41, 5.74) is 0.527. The van der Waals surface area contributed by atoms with Gasteiger partial charge in [0.1, 0.15) is 17.3 Å². The van der Waals surface area contributed by atoms with Crippen LogP contribution in [0.3, 0.4) is 0 Å². The molecule has 0 unspecified atom stereocenters. The topological polar surface area (TPSA) is 67.6 Å². The molecule has 0 aliphatic heterocycles. The summed E-state index contributed by atoms with van der Waals surface area (Å²) >= 11 is 0. The summed E-state index contributed by atoms with van der Waals surface area (Å²) in [6.45, 7) is 2.13. The Morgan fingerprint density at radius 3 is 2.30 bits per heavy atom. The number of furan rings is 1. The average Bonchev–Trinajstić information content (AvgIpc) is 3.12. The lowest BCUT2D eigenvalue weighted by Gasteiger charge is -2.19. The maximum atomic E-state index is 13.1. The molecule has 0 saturated heterocycles. The van der Waals surface area contributed by atoms with Gasteiger partial charge in [-0.1, -0.05) is 18.2 Å². The molecule has 1 amide bonds. The SMILES string of the molecule is CCN(C(=O)c1ccc(CS(=O)(=O)c2ccccc2)o1)c1ccc(F)cc1. The van der Waals surface area contributed by atoms with Crippen molar-refractivity contribution in [3.63, 3.8) is 0 Å². The lowest BCUT2D eigenvalue weighted by Crippen LogP contribution is -2.30. The van der Waals surface area contributed by atoms with Gasteiger partial charge >= 0.3 is 0 Å². The lowest BCUT2D eigenvalue weighted by atomic mass is 10.2. The molecule has 0 spiro atoms. The summed E-state index contributed by atoms with van der Waals surface area (Å²) in [6.07, 6.45) is 0. The smallest absolute Gasteiger partial charge is 0.293 e. The molecule has 3 aromatic rings. The van der Waals surface area contributed by atoms with Gasteiger partial charge in [0, 0.05) is 12.2 Å². The van der Waals surface area contributed by atoms with Gasteiger partial charge < -0.3 is 9.32 Å². The fraction of sp³-hybridized carbons (Fsp3) is 0.150. The van der Waals surface area contributed by atoms with Crippen LogP contribution in [0.4, 0.5) is 10.1 Å². The zero-order valence-electron chi connectivity index (χ0n) is 14.6. The van der Waals surface area contributed by atoms with Crippen molar-refractivity contribution < 1.29 is 22.0 Å². The number of anilines is 1. The number of carbonyl (C=O) groups is 1. The highest BCUT2D eigenvalue weighted by atomic mass is 32.2. The number of hydrogen-bond donors (Lipinski definition) is 0. The fourth-order valence-corrected chi connectivity index (χ4v) is 3.93. The third-order valence-corrected chi connectivity index (χ3v) is 5.66. The highest BCUT2D eigenvalue weighted by molar-refractivity contribution is 7.90. The van der Waals surface area contributed by atoms with Crippen molar-refractivity contribution in [1.82, 2.24) is 0 Å². The molecular weight excluding hydrogens is 369 g/mol. The van der Waals surface area contributed by atoms with E-state index in [1.54, 1.807) is 25.1 Å². The number of benzene rings is 2. The van der Waals surface area contributed by atoms with E-state index >= 15 is 0 Å². The molecule has 27 heavy (non-hydrogen) atoms. The van der Waals surface area contributed by atoms with E-state index < -0.39 is 21.6 Å². The Hall–Kier alpha value is -2.93. The van der Waals surface area contributed by atoms with Crippen LogP contribution in [0, 0.1) is 5.82 Å². The first kappa shape index (κ1) is 18.8. The monoisotopic (exact) mass is 387 g/mol. The van der Waals surface area contributed by atoms with Crippen molar-refractivity contribution in [2.45, 2.75) is 17.6 Å². The third-order valence-electron chi connectivity index (χ3n) is 4.01. The van der Waals surface area contributed by atoms with Crippen LogP contribution in [0.2, 0.25) is 0 Å². The number of hydrogen-bond acceptors (Lipinski definition) is 4. The quantitative estimate of drug-likeness (QED) is 0.640. The number of rotatable bonds is 6. The first-order chi connectivity index (χ1) is 12.9. The fourth-order valence-electron chi connectivity index (χ4n) is 2.67. The molecule has 1 aromatic heterocycles. The van der Waals surface area contributed by atoms with Crippen molar-refractivity contribution >= 4 is 21.4 Å². The van der Waals surface area contributed by atoms with Crippen LogP contribution in [-0.2, 0) is 15.6 Å². The van der Waals surface area contributed by atoms with E-state index in [4.69, 9.17) is 4.42 Å². The molecule has 7 heteroatoms. The molecule has 1 heterocycles. The minimum atomic E-state index is -3.57. The van der Waals surface area contributed by atoms with E-state index in [-0.39, 0.29) is 22.2 Å². The van der Waals surface area contributed by atoms with E-state index in [9.17, 15) is 17.6 Å². The maximum absolute atomic E-state index is 13.1. The van der Waals surface area contributed by atoms with Crippen LogP contribution < -0.4 is 4.90 Å². The van der Waals surface area contributed by atoms with Gasteiger partial charge in [0.15, 0.2) is 15.6 Å². The predicted molar refractivity (Wildman–Crippen MR) is 99.8 cm³/mol. The minimum Gasteiger partial charge on any atom is -0.455 e. The van der Waals surface area contributed by atoms with Gasteiger partial charge in [0.25, 0.3) is 5.91 Å². The van der Waals surface area contributed by atoms with Crippen LogP contribution in [0.5, 0.6) is 0 Å². The molecule has 0 bridgehead atoms. The number of nitrogens with zero attached hydrogens (tertiary/aromatic N) is 1. The zero-order chi connectivity index (χ0) is 19.4. The molecule has 0 fully saturated rings. The third kappa shape index (κ3) is 4.25. The highest BCUT2D eigenvalue weighted by Gasteiger charge is 2.22. The zero-order valence-corrected chi connectivity index (χ0v) is 15.4. The summed E-state index contributed by atoms with van der Waals surface area (Å²) < 4.78 is 43.5. The van der Waals surface area contributed by atoms with Gasteiger partial charge in [0.2, 0.25) is 0 Å². The van der Waals surface area contributed by atoms with E-state index in [1.807, 2.05) is 0 Å². The number of amides is 1. The predicted octanol–water partition coefficient (Wildman–Crippen LogP) is 4.06. The summed E-state index contributed by atoms with van der Waals surface area (Å²) in [4.78, 5) is 14.3. The van der Waals surface area contributed by atoms with Gasteiger partial charge in [-0.15, -0.1) is 0 Å². The van der Waals surface area contributed by atoms with Gasteiger partial charge in [-0.2, -0.15) is 0 Å². The highest BCUT2D eigenvalue weighted by Crippen LogP contribution is 2.21. The molecule has 0 atom stereocenters. The Morgan fingerprint density at radius 2 is 1.67 bits per heavy atom. The molecule has 0 N–H and O–H groups in total. The second-order valence-corrected chi connectivity index (χ2v) is 7.85. The Morgan fingerprint density at radius 1 is 1.00 bits per heavy atom.